The number of rotatable bonds is 5. The minimum atomic E-state index is -5.58. The molecule has 7 nitrogen and oxygen atoms in total. The average Bonchev–Trinajstić information content (AvgIpc) is 2.75. The lowest BCUT2D eigenvalue weighted by atomic mass is 9.88. The number of ether oxygens (including phenoxy) is 1. The van der Waals surface area contributed by atoms with E-state index in [4.69, 9.17) is 4.74 Å². The number of hydrogen-bond donors (Lipinski definition) is 2. The van der Waals surface area contributed by atoms with Crippen LogP contribution in [0.25, 0.3) is 11.1 Å². The molecule has 3 aromatic rings. The highest BCUT2D eigenvalue weighted by atomic mass is 32.2. The molecule has 1 aliphatic heterocycles. The summed E-state index contributed by atoms with van der Waals surface area (Å²) in [7, 11) is -5.58. The monoisotopic (exact) mass is 465 g/mol. The van der Waals surface area contributed by atoms with Crippen molar-refractivity contribution in [3.8, 4) is 16.9 Å². The van der Waals surface area contributed by atoms with Gasteiger partial charge in [0, 0.05) is 42.1 Å². The molecule has 32 heavy (non-hydrogen) atoms. The Morgan fingerprint density at radius 1 is 1.16 bits per heavy atom. The number of alkyl halides is 3. The third kappa shape index (κ3) is 4.39. The first-order chi connectivity index (χ1) is 15.2. The molecule has 0 spiro atoms. The van der Waals surface area contributed by atoms with E-state index in [2.05, 4.69) is 9.97 Å². The van der Waals surface area contributed by atoms with E-state index in [-0.39, 0.29) is 23.8 Å². The summed E-state index contributed by atoms with van der Waals surface area (Å²) in [6.07, 6.45) is 4.35. The number of nitrogens with zero attached hydrogens (tertiary/aromatic N) is 2. The van der Waals surface area contributed by atoms with Crippen LogP contribution in [0.5, 0.6) is 5.75 Å². The third-order valence-corrected chi connectivity index (χ3v) is 6.20. The van der Waals surface area contributed by atoms with Crippen LogP contribution in [0, 0.1) is 5.92 Å². The van der Waals surface area contributed by atoms with Gasteiger partial charge in [-0.25, -0.2) is 0 Å². The van der Waals surface area contributed by atoms with Gasteiger partial charge in [0.2, 0.25) is 0 Å². The molecule has 0 saturated carbocycles. The smallest absolute Gasteiger partial charge is 0.493 e. The van der Waals surface area contributed by atoms with Gasteiger partial charge in [-0.15, -0.1) is 0 Å². The van der Waals surface area contributed by atoms with Crippen molar-refractivity contribution in [2.75, 3.05) is 11.3 Å². The first kappa shape index (κ1) is 22.0. The number of sulfonamides is 1. The highest BCUT2D eigenvalue weighted by Gasteiger charge is 2.46. The zero-order valence-corrected chi connectivity index (χ0v) is 17.3. The third-order valence-electron chi connectivity index (χ3n) is 5.11. The van der Waals surface area contributed by atoms with Crippen LogP contribution in [-0.4, -0.2) is 35.6 Å². The normalized spacial score (nSPS) is 18.5. The summed E-state index contributed by atoms with van der Waals surface area (Å²) < 4.78 is 69.0. The highest BCUT2D eigenvalue weighted by Crippen LogP contribution is 2.40. The molecule has 0 bridgehead atoms. The minimum Gasteiger partial charge on any atom is -0.493 e. The van der Waals surface area contributed by atoms with Gasteiger partial charge < -0.3 is 9.84 Å². The summed E-state index contributed by atoms with van der Waals surface area (Å²) in [6.45, 7) is 0.205. The topological polar surface area (TPSA) is 101 Å². The zero-order chi connectivity index (χ0) is 22.9. The van der Waals surface area contributed by atoms with Crippen molar-refractivity contribution in [3.63, 3.8) is 0 Å². The Hall–Kier alpha value is -3.18. The maximum Gasteiger partial charge on any atom is 0.516 e. The second-order valence-corrected chi connectivity index (χ2v) is 8.94. The van der Waals surface area contributed by atoms with Crippen LogP contribution >= 0.6 is 0 Å². The molecule has 2 atom stereocenters. The van der Waals surface area contributed by atoms with Crippen molar-refractivity contribution < 1.29 is 31.4 Å². The molecule has 2 aromatic carbocycles. The van der Waals surface area contributed by atoms with Gasteiger partial charge in [0.15, 0.2) is 0 Å². The molecule has 2 heterocycles. The van der Waals surface area contributed by atoms with Crippen molar-refractivity contribution >= 4 is 15.7 Å². The second-order valence-electron chi connectivity index (χ2n) is 7.27. The number of aliphatic hydroxyl groups excluding tert-OH is 1. The van der Waals surface area contributed by atoms with E-state index in [1.165, 1.54) is 18.2 Å². The van der Waals surface area contributed by atoms with Crippen LogP contribution in [0.4, 0.5) is 18.9 Å². The van der Waals surface area contributed by atoms with Gasteiger partial charge in [-0.3, -0.25) is 14.7 Å². The quantitative estimate of drug-likeness (QED) is 0.596. The second kappa shape index (κ2) is 8.40. The molecule has 0 aliphatic carbocycles. The molecule has 11 heteroatoms. The number of benzene rings is 2. The van der Waals surface area contributed by atoms with Crippen LogP contribution in [0.2, 0.25) is 0 Å². The van der Waals surface area contributed by atoms with Crippen molar-refractivity contribution in [2.24, 2.45) is 5.92 Å². The number of hydrogen-bond acceptors (Lipinski definition) is 6. The molecule has 0 fully saturated rings. The zero-order valence-electron chi connectivity index (χ0n) is 16.5. The summed E-state index contributed by atoms with van der Waals surface area (Å²) in [5.41, 5.74) is -3.75. The Labute approximate surface area is 182 Å². The predicted octanol–water partition coefficient (Wildman–Crippen LogP) is 3.69. The lowest BCUT2D eigenvalue weighted by Gasteiger charge is -2.30. The Kier molecular flexibility index (Phi) is 5.78. The van der Waals surface area contributed by atoms with Gasteiger partial charge in [-0.05, 0) is 17.7 Å². The van der Waals surface area contributed by atoms with Crippen molar-refractivity contribution in [1.29, 1.82) is 0 Å². The van der Waals surface area contributed by atoms with Crippen LogP contribution < -0.4 is 9.46 Å². The molecule has 2 N–H and O–H groups in total. The summed E-state index contributed by atoms with van der Waals surface area (Å²) in [5.74, 6) is 0.120. The number of aliphatic hydroxyl groups is 1. The fraction of sp³-hybridized carbons (Fsp3) is 0.238. The average molecular weight is 465 g/mol. The van der Waals surface area contributed by atoms with E-state index in [0.29, 0.717) is 29.0 Å². The Morgan fingerprint density at radius 2 is 1.94 bits per heavy atom. The molecule has 0 radical (unpaired) electrons. The SMILES string of the molecule is O=S(=O)(Nc1ccccc1-c1ccc2c(c1)OCC(Cc1cnccn1)[C@@H]2O)C(F)(F)F. The molecule has 1 aliphatic rings. The fourth-order valence-electron chi connectivity index (χ4n) is 3.51. The Bertz CT molecular complexity index is 1220. The number of aromatic nitrogens is 2. The lowest BCUT2D eigenvalue weighted by molar-refractivity contribution is -0.0429. The van der Waals surface area contributed by atoms with E-state index >= 15 is 0 Å². The number of fused-ring (bicyclic) bond motifs is 1. The molecule has 0 saturated heterocycles. The summed E-state index contributed by atoms with van der Waals surface area (Å²) in [5, 5.41) is 10.8. The Morgan fingerprint density at radius 3 is 2.66 bits per heavy atom. The first-order valence-electron chi connectivity index (χ1n) is 9.54. The largest absolute Gasteiger partial charge is 0.516 e. The van der Waals surface area contributed by atoms with Crippen LogP contribution in [-0.2, 0) is 16.4 Å². The standard InChI is InChI=1S/C21H18F3N3O4S/c22-21(23,24)32(29,30)27-18-4-2-1-3-16(18)13-5-6-17-19(10-13)31-12-14(20(17)28)9-15-11-25-7-8-26-15/h1-8,10-11,14,20,27-28H,9,12H2/t14?,20-/m0/s1. The molecular formula is C21H18F3N3O4S. The van der Waals surface area contributed by atoms with Gasteiger partial charge in [0.05, 0.1) is 24.1 Å². The van der Waals surface area contributed by atoms with E-state index in [1.54, 1.807) is 47.6 Å². The van der Waals surface area contributed by atoms with Gasteiger partial charge in [-0.1, -0.05) is 30.3 Å². The maximum absolute atomic E-state index is 12.8. The molecule has 4 rings (SSSR count). The van der Waals surface area contributed by atoms with Crippen molar-refractivity contribution in [2.45, 2.75) is 18.0 Å². The first-order valence-corrected chi connectivity index (χ1v) is 11.0. The van der Waals surface area contributed by atoms with E-state index in [0.717, 1.165) is 0 Å². The van der Waals surface area contributed by atoms with Crippen LogP contribution in [0.1, 0.15) is 17.4 Å². The van der Waals surface area contributed by atoms with Crippen LogP contribution in [0.3, 0.4) is 0 Å². The molecule has 1 aromatic heterocycles. The summed E-state index contributed by atoms with van der Waals surface area (Å²) in [6, 6.07) is 10.5. The number of para-hydroxylation sites is 1. The summed E-state index contributed by atoms with van der Waals surface area (Å²) in [4.78, 5) is 8.22. The minimum absolute atomic E-state index is 0.205. The summed E-state index contributed by atoms with van der Waals surface area (Å²) >= 11 is 0. The molecular weight excluding hydrogens is 447 g/mol. The fourth-order valence-corrected chi connectivity index (χ4v) is 4.10. The van der Waals surface area contributed by atoms with Gasteiger partial charge in [-0.2, -0.15) is 21.6 Å². The maximum atomic E-state index is 12.8. The van der Waals surface area contributed by atoms with Gasteiger partial charge in [0.25, 0.3) is 0 Å². The van der Waals surface area contributed by atoms with E-state index in [9.17, 15) is 26.7 Å². The van der Waals surface area contributed by atoms with Crippen molar-refractivity contribution in [3.05, 3.63) is 72.3 Å². The van der Waals surface area contributed by atoms with Gasteiger partial charge in [0.1, 0.15) is 5.75 Å². The molecule has 1 unspecified atom stereocenters. The Balaban J connectivity index is 1.61. The number of anilines is 1. The molecule has 168 valence electrons. The van der Waals surface area contributed by atoms with Gasteiger partial charge >= 0.3 is 15.5 Å². The number of halogens is 3. The highest BCUT2D eigenvalue weighted by molar-refractivity contribution is 7.93. The van der Waals surface area contributed by atoms with Crippen LogP contribution in [0.15, 0.2) is 61.1 Å². The van der Waals surface area contributed by atoms with E-state index < -0.39 is 21.6 Å². The predicted molar refractivity (Wildman–Crippen MR) is 110 cm³/mol. The van der Waals surface area contributed by atoms with Crippen molar-refractivity contribution in [1.82, 2.24) is 9.97 Å². The lowest BCUT2D eigenvalue weighted by Crippen LogP contribution is -2.30. The van der Waals surface area contributed by atoms with E-state index in [1.807, 2.05) is 0 Å². The molecule has 0 amide bonds. The number of nitrogens with one attached hydrogen (secondary N) is 1.